The number of carbonyl (C=O) groups excluding carboxylic acids is 2. The standard InChI is InChI=1S/C20H25ClN2O4S/c1-13-22-15(12-28-13)11-26-16-7-5-14(6-8-16)9-17(18(24)10-21)23-19(25)27-20(2,3)4/h5-8,12,17H,9-11H2,1-4H3,(H,23,25)/t17-/m0/s1. The van der Waals surface area contributed by atoms with E-state index in [0.29, 0.717) is 18.8 Å². The normalized spacial score (nSPS) is 12.3. The minimum absolute atomic E-state index is 0.186. The Morgan fingerprint density at radius 1 is 1.25 bits per heavy atom. The predicted molar refractivity (Wildman–Crippen MR) is 110 cm³/mol. The predicted octanol–water partition coefficient (Wildman–Crippen LogP) is 4.27. The van der Waals surface area contributed by atoms with Crippen molar-refractivity contribution in [1.29, 1.82) is 0 Å². The number of halogens is 1. The van der Waals surface area contributed by atoms with E-state index in [9.17, 15) is 9.59 Å². The topological polar surface area (TPSA) is 77.5 Å². The molecule has 28 heavy (non-hydrogen) atoms. The number of benzene rings is 1. The van der Waals surface area contributed by atoms with Gasteiger partial charge in [0.2, 0.25) is 0 Å². The van der Waals surface area contributed by atoms with Crippen molar-refractivity contribution in [2.24, 2.45) is 0 Å². The number of thiazole rings is 1. The first-order valence-electron chi connectivity index (χ1n) is 8.87. The number of ether oxygens (including phenoxy) is 2. The Hall–Kier alpha value is -2.12. The zero-order chi connectivity index (χ0) is 20.7. The van der Waals surface area contributed by atoms with Crippen molar-refractivity contribution in [2.75, 3.05) is 5.88 Å². The third-order valence-electron chi connectivity index (χ3n) is 3.63. The van der Waals surface area contributed by atoms with Crippen molar-refractivity contribution in [3.8, 4) is 5.75 Å². The fraction of sp³-hybridized carbons (Fsp3) is 0.450. The molecule has 152 valence electrons. The third-order valence-corrected chi connectivity index (χ3v) is 4.71. The molecular formula is C20H25ClN2O4S. The molecule has 6 nitrogen and oxygen atoms in total. The highest BCUT2D eigenvalue weighted by Crippen LogP contribution is 2.17. The van der Waals surface area contributed by atoms with Crippen molar-refractivity contribution in [1.82, 2.24) is 10.3 Å². The van der Waals surface area contributed by atoms with Gasteiger partial charge in [0.05, 0.1) is 22.6 Å². The molecule has 0 saturated carbocycles. The lowest BCUT2D eigenvalue weighted by atomic mass is 10.0. The molecule has 1 atom stereocenters. The van der Waals surface area contributed by atoms with Crippen LogP contribution in [0.25, 0.3) is 0 Å². The first-order chi connectivity index (χ1) is 13.2. The molecule has 8 heteroatoms. The molecule has 2 aromatic rings. The molecule has 0 aliphatic rings. The largest absolute Gasteiger partial charge is 0.487 e. The van der Waals surface area contributed by atoms with Crippen LogP contribution in [0.1, 0.15) is 37.0 Å². The quantitative estimate of drug-likeness (QED) is 0.640. The van der Waals surface area contributed by atoms with E-state index in [1.165, 1.54) is 0 Å². The second-order valence-corrected chi connectivity index (χ2v) is 8.62. The first-order valence-corrected chi connectivity index (χ1v) is 10.3. The number of hydrogen-bond donors (Lipinski definition) is 1. The zero-order valence-electron chi connectivity index (χ0n) is 16.5. The molecule has 2 rings (SSSR count). The summed E-state index contributed by atoms with van der Waals surface area (Å²) in [5.74, 6) is 0.246. The Morgan fingerprint density at radius 2 is 1.93 bits per heavy atom. The number of carbonyl (C=O) groups is 2. The number of alkyl halides is 1. The van der Waals surface area contributed by atoms with Crippen LogP contribution >= 0.6 is 22.9 Å². The Bertz CT molecular complexity index is 799. The molecule has 0 spiro atoms. The molecule has 1 aromatic carbocycles. The average molecular weight is 425 g/mol. The van der Waals surface area contributed by atoms with Crippen LogP contribution in [0.4, 0.5) is 4.79 Å². The van der Waals surface area contributed by atoms with Crippen molar-refractivity contribution < 1.29 is 19.1 Å². The molecule has 1 heterocycles. The van der Waals surface area contributed by atoms with Crippen LogP contribution in [0.3, 0.4) is 0 Å². The number of nitrogens with zero attached hydrogens (tertiary/aromatic N) is 1. The summed E-state index contributed by atoms with van der Waals surface area (Å²) in [5.41, 5.74) is 1.12. The second kappa shape index (κ2) is 9.89. The summed E-state index contributed by atoms with van der Waals surface area (Å²) in [6.45, 7) is 7.63. The van der Waals surface area contributed by atoms with Crippen molar-refractivity contribution in [3.05, 3.63) is 45.9 Å². The van der Waals surface area contributed by atoms with Gasteiger partial charge < -0.3 is 14.8 Å². The highest BCUT2D eigenvalue weighted by Gasteiger charge is 2.24. The van der Waals surface area contributed by atoms with E-state index < -0.39 is 17.7 Å². The summed E-state index contributed by atoms with van der Waals surface area (Å²) >= 11 is 7.27. The van der Waals surface area contributed by atoms with Gasteiger partial charge in [-0.25, -0.2) is 9.78 Å². The molecule has 0 unspecified atom stereocenters. The van der Waals surface area contributed by atoms with Crippen molar-refractivity contribution >= 4 is 34.8 Å². The van der Waals surface area contributed by atoms with Crippen LogP contribution in [0.15, 0.2) is 29.6 Å². The fourth-order valence-electron chi connectivity index (χ4n) is 2.38. The van der Waals surface area contributed by atoms with Crippen LogP contribution in [0.5, 0.6) is 5.75 Å². The summed E-state index contributed by atoms with van der Waals surface area (Å²) in [4.78, 5) is 28.5. The number of aromatic nitrogens is 1. The fourth-order valence-corrected chi connectivity index (χ4v) is 3.16. The monoisotopic (exact) mass is 424 g/mol. The zero-order valence-corrected chi connectivity index (χ0v) is 18.0. The summed E-state index contributed by atoms with van der Waals surface area (Å²) in [6.07, 6.45) is -0.328. The SMILES string of the molecule is Cc1nc(COc2ccc(C[C@H](NC(=O)OC(C)(C)C)C(=O)CCl)cc2)cs1. The minimum Gasteiger partial charge on any atom is -0.487 e. The third kappa shape index (κ3) is 7.48. The summed E-state index contributed by atoms with van der Waals surface area (Å²) in [6, 6.07) is 6.60. The van der Waals surface area contributed by atoms with Crippen molar-refractivity contribution in [3.63, 3.8) is 0 Å². The van der Waals surface area contributed by atoms with Gasteiger partial charge in [0, 0.05) is 5.38 Å². The molecule has 0 aliphatic carbocycles. The maximum atomic E-state index is 12.1. The van der Waals surface area contributed by atoms with E-state index >= 15 is 0 Å². The van der Waals surface area contributed by atoms with Gasteiger partial charge in [-0.3, -0.25) is 4.79 Å². The Morgan fingerprint density at radius 3 is 2.46 bits per heavy atom. The minimum atomic E-state index is -0.753. The van der Waals surface area contributed by atoms with Gasteiger partial charge in [-0.1, -0.05) is 12.1 Å². The van der Waals surface area contributed by atoms with Gasteiger partial charge in [-0.05, 0) is 51.8 Å². The number of rotatable bonds is 8. The molecule has 1 aromatic heterocycles. The number of ketones is 1. The van der Waals surface area contributed by atoms with Gasteiger partial charge in [0.25, 0.3) is 0 Å². The molecule has 0 saturated heterocycles. The van der Waals surface area contributed by atoms with Crippen LogP contribution in [0, 0.1) is 6.92 Å². The van der Waals surface area contributed by atoms with E-state index in [1.807, 2.05) is 36.6 Å². The van der Waals surface area contributed by atoms with Gasteiger partial charge in [0.1, 0.15) is 18.0 Å². The highest BCUT2D eigenvalue weighted by molar-refractivity contribution is 7.09. The lowest BCUT2D eigenvalue weighted by Gasteiger charge is -2.23. The smallest absolute Gasteiger partial charge is 0.408 e. The molecule has 1 amide bonds. The Balaban J connectivity index is 1.95. The second-order valence-electron chi connectivity index (χ2n) is 7.29. The maximum absolute atomic E-state index is 12.1. The number of Topliss-reactive ketones (excluding diaryl/α,β-unsaturated/α-hetero) is 1. The number of nitrogens with one attached hydrogen (secondary N) is 1. The summed E-state index contributed by atoms with van der Waals surface area (Å²) < 4.78 is 10.9. The Labute approximate surface area is 174 Å². The van der Waals surface area contributed by atoms with E-state index in [4.69, 9.17) is 21.1 Å². The van der Waals surface area contributed by atoms with Gasteiger partial charge >= 0.3 is 6.09 Å². The van der Waals surface area contributed by atoms with E-state index in [2.05, 4.69) is 10.3 Å². The molecular weight excluding hydrogens is 400 g/mol. The molecule has 0 fully saturated rings. The summed E-state index contributed by atoms with van der Waals surface area (Å²) in [7, 11) is 0. The number of hydrogen-bond acceptors (Lipinski definition) is 6. The van der Waals surface area contributed by atoms with E-state index in [1.54, 1.807) is 32.1 Å². The number of aryl methyl sites for hydroxylation is 1. The molecule has 0 aliphatic heterocycles. The summed E-state index contributed by atoms with van der Waals surface area (Å²) in [5, 5.41) is 5.57. The molecule has 0 radical (unpaired) electrons. The van der Waals surface area contributed by atoms with Crippen LogP contribution in [0.2, 0.25) is 0 Å². The number of amides is 1. The lowest BCUT2D eigenvalue weighted by Crippen LogP contribution is -2.45. The van der Waals surface area contributed by atoms with Gasteiger partial charge in [-0.2, -0.15) is 0 Å². The van der Waals surface area contributed by atoms with Crippen LogP contribution in [-0.4, -0.2) is 34.4 Å². The maximum Gasteiger partial charge on any atom is 0.408 e. The van der Waals surface area contributed by atoms with Crippen LogP contribution < -0.4 is 10.1 Å². The molecule has 1 N–H and O–H groups in total. The highest BCUT2D eigenvalue weighted by atomic mass is 35.5. The molecule has 0 bridgehead atoms. The van der Waals surface area contributed by atoms with Gasteiger partial charge in [-0.15, -0.1) is 22.9 Å². The van der Waals surface area contributed by atoms with E-state index in [0.717, 1.165) is 16.3 Å². The number of alkyl carbamates (subject to hydrolysis) is 1. The first kappa shape index (κ1) is 22.2. The van der Waals surface area contributed by atoms with E-state index in [-0.39, 0.29) is 11.7 Å². The average Bonchev–Trinajstić information content (AvgIpc) is 3.03. The van der Waals surface area contributed by atoms with Crippen LogP contribution in [-0.2, 0) is 22.6 Å². The Kier molecular flexibility index (Phi) is 7.83. The van der Waals surface area contributed by atoms with Crippen molar-refractivity contribution in [2.45, 2.75) is 52.4 Å². The van der Waals surface area contributed by atoms with Gasteiger partial charge in [0.15, 0.2) is 5.78 Å². The lowest BCUT2D eigenvalue weighted by molar-refractivity contribution is -0.118.